The van der Waals surface area contributed by atoms with Gasteiger partial charge in [-0.3, -0.25) is 0 Å². The van der Waals surface area contributed by atoms with Gasteiger partial charge in [0, 0.05) is 19.1 Å². The number of nitrogens with zero attached hydrogens (tertiary/aromatic N) is 1. The van der Waals surface area contributed by atoms with Crippen LogP contribution in [0.1, 0.15) is 38.7 Å². The number of hydrogen-bond acceptors (Lipinski definition) is 2. The summed E-state index contributed by atoms with van der Waals surface area (Å²) in [6, 6.07) is 7.14. The van der Waals surface area contributed by atoms with E-state index in [9.17, 15) is 4.39 Å². The SMILES string of the molecule is CC(N)CCCC(C)CN(C)Cc1cccc(F)c1. The normalized spacial score (nSPS) is 14.6. The largest absolute Gasteiger partial charge is 0.328 e. The van der Waals surface area contributed by atoms with Crippen molar-refractivity contribution in [3.63, 3.8) is 0 Å². The van der Waals surface area contributed by atoms with Crippen LogP contribution in [0.4, 0.5) is 4.39 Å². The van der Waals surface area contributed by atoms with Crippen LogP contribution in [0.2, 0.25) is 0 Å². The van der Waals surface area contributed by atoms with E-state index in [2.05, 4.69) is 25.8 Å². The molecule has 0 saturated carbocycles. The molecule has 0 spiro atoms. The zero-order valence-electron chi connectivity index (χ0n) is 12.4. The smallest absolute Gasteiger partial charge is 0.123 e. The molecule has 0 aliphatic heterocycles. The predicted octanol–water partition coefficient (Wildman–Crippen LogP) is 3.41. The van der Waals surface area contributed by atoms with Crippen molar-refractivity contribution in [1.82, 2.24) is 4.90 Å². The summed E-state index contributed by atoms with van der Waals surface area (Å²) in [5, 5.41) is 0. The molecular formula is C16H27FN2. The Balaban J connectivity index is 2.28. The van der Waals surface area contributed by atoms with Crippen LogP contribution < -0.4 is 5.73 Å². The molecule has 2 unspecified atom stereocenters. The molecule has 1 aromatic carbocycles. The Bertz CT molecular complexity index is 366. The van der Waals surface area contributed by atoms with Gasteiger partial charge in [0.05, 0.1) is 0 Å². The molecule has 0 amide bonds. The monoisotopic (exact) mass is 266 g/mol. The van der Waals surface area contributed by atoms with Crippen molar-refractivity contribution in [3.8, 4) is 0 Å². The van der Waals surface area contributed by atoms with Crippen molar-refractivity contribution in [2.45, 2.75) is 45.7 Å². The molecule has 0 heterocycles. The average Bonchev–Trinajstić information content (AvgIpc) is 2.27. The van der Waals surface area contributed by atoms with Gasteiger partial charge in [-0.25, -0.2) is 4.39 Å². The minimum Gasteiger partial charge on any atom is -0.328 e. The zero-order chi connectivity index (χ0) is 14.3. The Morgan fingerprint density at radius 3 is 2.63 bits per heavy atom. The van der Waals surface area contributed by atoms with Crippen molar-refractivity contribution in [1.29, 1.82) is 0 Å². The third kappa shape index (κ3) is 7.28. The van der Waals surface area contributed by atoms with Gasteiger partial charge < -0.3 is 10.6 Å². The molecule has 0 aliphatic carbocycles. The van der Waals surface area contributed by atoms with E-state index >= 15 is 0 Å². The zero-order valence-corrected chi connectivity index (χ0v) is 12.4. The van der Waals surface area contributed by atoms with Crippen molar-refractivity contribution >= 4 is 0 Å². The molecule has 0 aromatic heterocycles. The van der Waals surface area contributed by atoms with E-state index < -0.39 is 0 Å². The molecule has 0 aliphatic rings. The first-order chi connectivity index (χ1) is 8.97. The van der Waals surface area contributed by atoms with Crippen LogP contribution in [-0.2, 0) is 6.54 Å². The summed E-state index contributed by atoms with van der Waals surface area (Å²) in [5.74, 6) is 0.494. The summed E-state index contributed by atoms with van der Waals surface area (Å²) < 4.78 is 13.1. The van der Waals surface area contributed by atoms with E-state index in [0.29, 0.717) is 12.0 Å². The minimum absolute atomic E-state index is 0.157. The number of benzene rings is 1. The van der Waals surface area contributed by atoms with Crippen LogP contribution in [0.25, 0.3) is 0 Å². The lowest BCUT2D eigenvalue weighted by atomic mass is 10.0. The second-order valence-corrected chi connectivity index (χ2v) is 5.84. The van der Waals surface area contributed by atoms with Gasteiger partial charge in [0.25, 0.3) is 0 Å². The molecule has 108 valence electrons. The Hall–Kier alpha value is -0.930. The molecule has 19 heavy (non-hydrogen) atoms. The summed E-state index contributed by atoms with van der Waals surface area (Å²) in [6.45, 7) is 6.16. The lowest BCUT2D eigenvalue weighted by molar-refractivity contribution is 0.267. The standard InChI is InChI=1S/C16H27FN2/c1-13(6-4-7-14(2)18)11-19(3)12-15-8-5-9-16(17)10-15/h5,8-10,13-14H,4,6-7,11-12,18H2,1-3H3. The summed E-state index contributed by atoms with van der Waals surface area (Å²) in [7, 11) is 2.09. The van der Waals surface area contributed by atoms with Gasteiger partial charge in [0.15, 0.2) is 0 Å². The predicted molar refractivity (Wildman–Crippen MR) is 79.4 cm³/mol. The van der Waals surface area contributed by atoms with E-state index in [0.717, 1.165) is 25.1 Å². The first kappa shape index (κ1) is 16.1. The van der Waals surface area contributed by atoms with Gasteiger partial charge >= 0.3 is 0 Å². The maximum Gasteiger partial charge on any atom is 0.123 e. The van der Waals surface area contributed by atoms with Crippen molar-refractivity contribution in [2.75, 3.05) is 13.6 Å². The van der Waals surface area contributed by atoms with Crippen molar-refractivity contribution < 1.29 is 4.39 Å². The molecule has 3 heteroatoms. The topological polar surface area (TPSA) is 29.3 Å². The third-order valence-electron chi connectivity index (χ3n) is 3.32. The summed E-state index contributed by atoms with van der Waals surface area (Å²) in [5.41, 5.74) is 6.78. The Kier molecular flexibility index (Phi) is 7.03. The van der Waals surface area contributed by atoms with Gasteiger partial charge in [0.1, 0.15) is 5.82 Å². The summed E-state index contributed by atoms with van der Waals surface area (Å²) >= 11 is 0. The first-order valence-corrected chi connectivity index (χ1v) is 7.16. The Labute approximate surface area is 116 Å². The summed E-state index contributed by atoms with van der Waals surface area (Å²) in [6.07, 6.45) is 3.49. The highest BCUT2D eigenvalue weighted by molar-refractivity contribution is 5.15. The fourth-order valence-corrected chi connectivity index (χ4v) is 2.42. The maximum absolute atomic E-state index is 13.1. The lowest BCUT2D eigenvalue weighted by Crippen LogP contribution is -2.24. The number of rotatable bonds is 8. The maximum atomic E-state index is 13.1. The summed E-state index contributed by atoms with van der Waals surface area (Å²) in [4.78, 5) is 2.26. The molecule has 2 nitrogen and oxygen atoms in total. The van der Waals surface area contributed by atoms with Crippen LogP contribution in [-0.4, -0.2) is 24.5 Å². The lowest BCUT2D eigenvalue weighted by Gasteiger charge is -2.21. The third-order valence-corrected chi connectivity index (χ3v) is 3.32. The van der Waals surface area contributed by atoms with Gasteiger partial charge in [-0.1, -0.05) is 25.5 Å². The van der Waals surface area contributed by atoms with Gasteiger partial charge in [-0.05, 0) is 50.4 Å². The Morgan fingerprint density at radius 2 is 2.00 bits per heavy atom. The van der Waals surface area contributed by atoms with E-state index in [-0.39, 0.29) is 5.82 Å². The molecular weight excluding hydrogens is 239 g/mol. The van der Waals surface area contributed by atoms with E-state index in [1.807, 2.05) is 6.07 Å². The molecule has 0 saturated heterocycles. The highest BCUT2D eigenvalue weighted by Crippen LogP contribution is 2.12. The van der Waals surface area contributed by atoms with Crippen LogP contribution in [0.3, 0.4) is 0 Å². The number of halogens is 1. The van der Waals surface area contributed by atoms with Gasteiger partial charge in [-0.2, -0.15) is 0 Å². The molecule has 0 radical (unpaired) electrons. The minimum atomic E-state index is -0.157. The second kappa shape index (κ2) is 8.28. The van der Waals surface area contributed by atoms with Gasteiger partial charge in [0.2, 0.25) is 0 Å². The quantitative estimate of drug-likeness (QED) is 0.781. The second-order valence-electron chi connectivity index (χ2n) is 5.84. The highest BCUT2D eigenvalue weighted by Gasteiger charge is 2.08. The molecule has 2 atom stereocenters. The first-order valence-electron chi connectivity index (χ1n) is 7.16. The van der Waals surface area contributed by atoms with Crippen LogP contribution in [0, 0.1) is 11.7 Å². The van der Waals surface area contributed by atoms with E-state index in [4.69, 9.17) is 5.73 Å². The number of hydrogen-bond donors (Lipinski definition) is 1. The van der Waals surface area contributed by atoms with E-state index in [1.165, 1.54) is 18.9 Å². The number of nitrogens with two attached hydrogens (primary N) is 1. The Morgan fingerprint density at radius 1 is 1.26 bits per heavy atom. The average molecular weight is 266 g/mol. The fourth-order valence-electron chi connectivity index (χ4n) is 2.42. The van der Waals surface area contributed by atoms with Crippen molar-refractivity contribution in [3.05, 3.63) is 35.6 Å². The van der Waals surface area contributed by atoms with Crippen LogP contribution in [0.15, 0.2) is 24.3 Å². The highest BCUT2D eigenvalue weighted by atomic mass is 19.1. The molecule has 1 aromatic rings. The van der Waals surface area contributed by atoms with Crippen LogP contribution in [0.5, 0.6) is 0 Å². The van der Waals surface area contributed by atoms with Crippen LogP contribution >= 0.6 is 0 Å². The molecule has 2 N–H and O–H groups in total. The fraction of sp³-hybridized carbons (Fsp3) is 0.625. The molecule has 0 bridgehead atoms. The molecule has 0 fully saturated rings. The molecule has 1 rings (SSSR count). The van der Waals surface area contributed by atoms with E-state index in [1.54, 1.807) is 12.1 Å². The van der Waals surface area contributed by atoms with Crippen molar-refractivity contribution in [2.24, 2.45) is 11.7 Å². The van der Waals surface area contributed by atoms with Gasteiger partial charge in [-0.15, -0.1) is 0 Å².